The van der Waals surface area contributed by atoms with E-state index < -0.39 is 47.4 Å². The van der Waals surface area contributed by atoms with Crippen LogP contribution in [0.25, 0.3) is 5.69 Å². The Morgan fingerprint density at radius 3 is 2.13 bits per heavy atom. The van der Waals surface area contributed by atoms with Gasteiger partial charge in [-0.3, -0.25) is 23.9 Å². The van der Waals surface area contributed by atoms with Crippen LogP contribution in [-0.4, -0.2) is 43.2 Å². The molecule has 2 aromatic carbocycles. The number of hydrogen-bond donors (Lipinski definition) is 1. The molecule has 1 N–H and O–H groups in total. The fourth-order valence-electron chi connectivity index (χ4n) is 4.30. The van der Waals surface area contributed by atoms with Crippen LogP contribution < -0.4 is 11.2 Å². The molecule has 0 spiro atoms. The van der Waals surface area contributed by atoms with E-state index in [1.54, 1.807) is 6.07 Å². The van der Waals surface area contributed by atoms with Gasteiger partial charge in [0.2, 0.25) is 11.6 Å². The normalized spacial score (nSPS) is 13.3. The summed E-state index contributed by atoms with van der Waals surface area (Å²) in [7, 11) is 0. The molecule has 39 heavy (non-hydrogen) atoms. The number of benzene rings is 2. The Morgan fingerprint density at radius 2 is 1.54 bits per heavy atom. The van der Waals surface area contributed by atoms with Crippen molar-refractivity contribution in [3.8, 4) is 11.6 Å². The molecule has 2 heterocycles. The minimum absolute atomic E-state index is 0. The molecule has 3 aromatic rings. The van der Waals surface area contributed by atoms with E-state index in [1.165, 1.54) is 42.5 Å². The maximum atomic E-state index is 13.2. The van der Waals surface area contributed by atoms with Gasteiger partial charge in [-0.1, -0.05) is 38.1 Å². The summed E-state index contributed by atoms with van der Waals surface area (Å²) in [5, 5.41) is 18.0. The van der Waals surface area contributed by atoms with Crippen molar-refractivity contribution in [1.29, 1.82) is 0 Å². The number of carbonyl (C=O) groups is 2. The first kappa shape index (κ1) is 29.5. The zero-order chi connectivity index (χ0) is 27.8. The summed E-state index contributed by atoms with van der Waals surface area (Å²) in [5.74, 6) is -2.49. The van der Waals surface area contributed by atoms with Gasteiger partial charge in [0.25, 0.3) is 17.4 Å². The molecule has 207 valence electrons. The monoisotopic (exact) mass is 592 g/mol. The average Bonchev–Trinajstić information content (AvgIpc) is 3.13. The van der Waals surface area contributed by atoms with Gasteiger partial charge in [-0.05, 0) is 37.1 Å². The van der Waals surface area contributed by atoms with Crippen LogP contribution in [0.5, 0.6) is 5.88 Å². The Labute approximate surface area is 229 Å². The van der Waals surface area contributed by atoms with Crippen molar-refractivity contribution in [2.24, 2.45) is 10.2 Å². The first-order chi connectivity index (χ1) is 18.0. The number of para-hydroxylation sites is 1. The Morgan fingerprint density at radius 1 is 0.897 bits per heavy atom. The second-order valence-electron chi connectivity index (χ2n) is 8.48. The van der Waals surface area contributed by atoms with Gasteiger partial charge in [0.1, 0.15) is 6.54 Å². The van der Waals surface area contributed by atoms with Crippen molar-refractivity contribution >= 4 is 23.2 Å². The van der Waals surface area contributed by atoms with Crippen LogP contribution in [0.3, 0.4) is 0 Å². The van der Waals surface area contributed by atoms with E-state index in [4.69, 9.17) is 0 Å². The van der Waals surface area contributed by atoms with E-state index in [1.807, 2.05) is 13.8 Å². The number of carbonyl (C=O) groups excluding carboxylic acids is 2. The summed E-state index contributed by atoms with van der Waals surface area (Å²) >= 11 is 0. The molecule has 0 saturated heterocycles. The SMILES string of the molecule is CCC(CC)N1C(=O)c2cccc(N=Nc3c(O)n(CC(F)(F)F)c(=O)n(-c4ccccc4)c3=O)c2C1=O.[Cu+2]. The van der Waals surface area contributed by atoms with Gasteiger partial charge in [0.15, 0.2) is 0 Å². The maximum Gasteiger partial charge on any atom is 2.00 e. The smallest absolute Gasteiger partial charge is 0.493 e. The molecular weight excluding hydrogens is 571 g/mol. The first-order valence-corrected chi connectivity index (χ1v) is 11.6. The summed E-state index contributed by atoms with van der Waals surface area (Å²) in [5.41, 5.74) is -3.83. The molecule has 10 nitrogen and oxygen atoms in total. The van der Waals surface area contributed by atoms with Crippen LogP contribution in [-0.2, 0) is 23.6 Å². The Kier molecular flexibility index (Phi) is 8.61. The number of amides is 2. The molecule has 4 rings (SSSR count). The second kappa shape index (κ2) is 11.4. The molecule has 0 saturated carbocycles. The van der Waals surface area contributed by atoms with E-state index >= 15 is 0 Å². The van der Waals surface area contributed by atoms with Crippen LogP contribution in [0.2, 0.25) is 0 Å². The van der Waals surface area contributed by atoms with Crippen molar-refractivity contribution in [2.75, 3.05) is 0 Å². The molecule has 0 fully saturated rings. The number of imide groups is 1. The van der Waals surface area contributed by atoms with Crippen LogP contribution in [0.1, 0.15) is 47.4 Å². The number of azo groups is 1. The average molecular weight is 593 g/mol. The number of nitrogens with zero attached hydrogens (tertiary/aromatic N) is 5. The van der Waals surface area contributed by atoms with Gasteiger partial charge in [0, 0.05) is 6.04 Å². The van der Waals surface area contributed by atoms with E-state index in [2.05, 4.69) is 10.2 Å². The molecule has 1 aliphatic rings. The Hall–Kier alpha value is -4.03. The number of alkyl halides is 3. The Bertz CT molecular complexity index is 1560. The fraction of sp³-hybridized carbons (Fsp3) is 0.280. The zero-order valence-corrected chi connectivity index (χ0v) is 21.5. The molecule has 0 bridgehead atoms. The molecule has 0 atom stereocenters. The van der Waals surface area contributed by atoms with Gasteiger partial charge in [-0.2, -0.15) is 13.2 Å². The molecule has 1 aliphatic heterocycles. The minimum atomic E-state index is -4.92. The third kappa shape index (κ3) is 5.43. The fourth-order valence-corrected chi connectivity index (χ4v) is 4.30. The van der Waals surface area contributed by atoms with Gasteiger partial charge in [0.05, 0.1) is 22.5 Å². The topological polar surface area (TPSA) is 126 Å². The van der Waals surface area contributed by atoms with Crippen molar-refractivity contribution in [1.82, 2.24) is 14.0 Å². The van der Waals surface area contributed by atoms with E-state index in [9.17, 15) is 37.5 Å². The molecule has 1 radical (unpaired) electrons. The zero-order valence-electron chi connectivity index (χ0n) is 20.6. The van der Waals surface area contributed by atoms with Gasteiger partial charge >= 0.3 is 28.9 Å². The van der Waals surface area contributed by atoms with E-state index in [0.29, 0.717) is 17.4 Å². The number of rotatable bonds is 7. The second-order valence-corrected chi connectivity index (χ2v) is 8.48. The van der Waals surface area contributed by atoms with E-state index in [-0.39, 0.29) is 50.2 Å². The molecule has 0 aliphatic carbocycles. The standard InChI is InChI=1S/C25H22F3N5O5.Cu/c1-3-14(4-2)32-20(34)16-11-8-12-17(18(16)21(32)35)29-30-19-22(36)31(13-25(26,27)28)24(38)33(23(19)37)15-9-6-5-7-10-15;/h5-12,14,36H,3-4,13H2,1-2H3;/q;+2. The summed E-state index contributed by atoms with van der Waals surface area (Å²) in [4.78, 5) is 53.1. The number of aromatic nitrogens is 2. The molecule has 14 heteroatoms. The van der Waals surface area contributed by atoms with Crippen molar-refractivity contribution in [2.45, 2.75) is 45.5 Å². The van der Waals surface area contributed by atoms with Gasteiger partial charge in [-0.15, -0.1) is 10.2 Å². The van der Waals surface area contributed by atoms with Crippen molar-refractivity contribution in [3.05, 3.63) is 80.5 Å². The van der Waals surface area contributed by atoms with Gasteiger partial charge in [-0.25, -0.2) is 9.36 Å². The number of aromatic hydroxyl groups is 1. The molecule has 2 amide bonds. The van der Waals surface area contributed by atoms with Crippen LogP contribution in [0.15, 0.2) is 68.3 Å². The predicted octanol–water partition coefficient (Wildman–Crippen LogP) is 4.46. The third-order valence-electron chi connectivity index (χ3n) is 6.14. The largest absolute Gasteiger partial charge is 2.00 e. The van der Waals surface area contributed by atoms with E-state index in [0.717, 1.165) is 4.90 Å². The Balaban J connectivity index is 0.00000420. The number of hydrogen-bond acceptors (Lipinski definition) is 7. The van der Waals surface area contributed by atoms with Crippen LogP contribution in [0, 0.1) is 0 Å². The number of fused-ring (bicyclic) bond motifs is 1. The summed E-state index contributed by atoms with van der Waals surface area (Å²) in [6, 6.07) is 11.0. The van der Waals surface area contributed by atoms with Crippen molar-refractivity contribution in [3.63, 3.8) is 0 Å². The summed E-state index contributed by atoms with van der Waals surface area (Å²) in [6.07, 6.45) is -3.88. The maximum absolute atomic E-state index is 13.2. The number of halogens is 3. The quantitative estimate of drug-likeness (QED) is 0.246. The molecular formula is C25H22CuF3N5O5+2. The minimum Gasteiger partial charge on any atom is -0.493 e. The molecule has 0 unspecified atom stereocenters. The summed E-state index contributed by atoms with van der Waals surface area (Å²) in [6.45, 7) is 1.76. The summed E-state index contributed by atoms with van der Waals surface area (Å²) < 4.78 is 40.1. The van der Waals surface area contributed by atoms with Gasteiger partial charge < -0.3 is 5.11 Å². The van der Waals surface area contributed by atoms with Crippen molar-refractivity contribution < 1.29 is 44.9 Å². The predicted molar refractivity (Wildman–Crippen MR) is 130 cm³/mol. The first-order valence-electron chi connectivity index (χ1n) is 11.6. The van der Waals surface area contributed by atoms with Crippen LogP contribution >= 0.6 is 0 Å². The molecule has 1 aromatic heterocycles. The van der Waals surface area contributed by atoms with Crippen LogP contribution in [0.4, 0.5) is 24.5 Å². The third-order valence-corrected chi connectivity index (χ3v) is 6.14.